The van der Waals surface area contributed by atoms with Crippen LogP contribution in [0, 0.1) is 6.92 Å². The summed E-state index contributed by atoms with van der Waals surface area (Å²) in [5.74, 6) is -0.316. The van der Waals surface area contributed by atoms with E-state index in [2.05, 4.69) is 58.5 Å². The lowest BCUT2D eigenvalue weighted by Gasteiger charge is -2.43. The summed E-state index contributed by atoms with van der Waals surface area (Å²) in [4.78, 5) is 16.1. The number of hydrogen-bond donors (Lipinski definition) is 0. The van der Waals surface area contributed by atoms with E-state index in [0.29, 0.717) is 5.57 Å². The van der Waals surface area contributed by atoms with Crippen molar-refractivity contribution < 1.29 is 9.53 Å². The number of rotatable bonds is 5. The lowest BCUT2D eigenvalue weighted by molar-refractivity contribution is -0.136. The third-order valence-corrected chi connectivity index (χ3v) is 7.12. The van der Waals surface area contributed by atoms with Crippen LogP contribution in [0.1, 0.15) is 82.6 Å². The van der Waals surface area contributed by atoms with E-state index in [1.54, 1.807) is 13.0 Å². The molecule has 3 rings (SSSR count). The van der Waals surface area contributed by atoms with Crippen LogP contribution in [-0.4, -0.2) is 19.8 Å². The van der Waals surface area contributed by atoms with Crippen LogP contribution < -0.4 is 0 Å². The van der Waals surface area contributed by atoms with Crippen molar-refractivity contribution in [1.29, 1.82) is 0 Å². The molecule has 3 heteroatoms. The molecule has 0 heterocycles. The van der Waals surface area contributed by atoms with Crippen LogP contribution in [0.3, 0.4) is 0 Å². The van der Waals surface area contributed by atoms with Gasteiger partial charge < -0.3 is 4.74 Å². The summed E-state index contributed by atoms with van der Waals surface area (Å²) in [6.07, 6.45) is 8.29. The molecular weight excluding hydrogens is 358 g/mol. The largest absolute Gasteiger partial charge is 0.466 e. The number of carbonyl (C=O) groups excluding carboxylic acids is 1. The highest BCUT2D eigenvalue weighted by molar-refractivity contribution is 5.88. The highest BCUT2D eigenvalue weighted by Gasteiger charge is 2.49. The number of nitrogens with zero attached hydrogens (tertiary/aromatic N) is 1. The molecule has 2 aliphatic rings. The molecule has 0 unspecified atom stereocenters. The molecule has 0 N–H and O–H groups in total. The van der Waals surface area contributed by atoms with Gasteiger partial charge in [0.05, 0.1) is 12.8 Å². The first kappa shape index (κ1) is 21.5. The van der Waals surface area contributed by atoms with Gasteiger partial charge in [-0.1, -0.05) is 45.9 Å². The predicted molar refractivity (Wildman–Crippen MR) is 121 cm³/mol. The minimum Gasteiger partial charge on any atom is -0.466 e. The number of allylic oxidation sites excluding steroid dienone is 3. The molecule has 0 spiro atoms. The molecule has 1 aromatic rings. The van der Waals surface area contributed by atoms with E-state index >= 15 is 0 Å². The number of fused-ring (bicyclic) bond motifs is 1. The molecule has 0 aromatic heterocycles. The highest BCUT2D eigenvalue weighted by atomic mass is 16.5. The maximum atomic E-state index is 11.7. The Balaban J connectivity index is 2.11. The predicted octanol–water partition coefficient (Wildman–Crippen LogP) is 6.08. The monoisotopic (exact) mass is 393 g/mol. The summed E-state index contributed by atoms with van der Waals surface area (Å²) in [6.45, 7) is 17.3. The van der Waals surface area contributed by atoms with E-state index in [4.69, 9.17) is 4.74 Å². The van der Waals surface area contributed by atoms with Crippen LogP contribution in [0.4, 0.5) is 0 Å². The lowest BCUT2D eigenvalue weighted by Crippen LogP contribution is -2.34. The first-order chi connectivity index (χ1) is 13.5. The molecule has 2 aliphatic carbocycles. The first-order valence-electron chi connectivity index (χ1n) is 10.6. The van der Waals surface area contributed by atoms with Crippen molar-refractivity contribution in [2.75, 3.05) is 7.11 Å². The van der Waals surface area contributed by atoms with Gasteiger partial charge in [-0.3, -0.25) is 4.99 Å². The van der Waals surface area contributed by atoms with Crippen molar-refractivity contribution in [1.82, 2.24) is 0 Å². The zero-order valence-corrected chi connectivity index (χ0v) is 19.1. The number of aliphatic imine (C=N–C) groups is 1. The summed E-state index contributed by atoms with van der Waals surface area (Å²) < 4.78 is 4.80. The van der Waals surface area contributed by atoms with Gasteiger partial charge in [0.2, 0.25) is 0 Å². The lowest BCUT2D eigenvalue weighted by atomic mass is 9.62. The van der Waals surface area contributed by atoms with Crippen LogP contribution in [0.15, 0.2) is 40.5 Å². The number of ether oxygens (including phenoxy) is 1. The van der Waals surface area contributed by atoms with Crippen molar-refractivity contribution >= 4 is 12.7 Å². The van der Waals surface area contributed by atoms with Crippen molar-refractivity contribution in [3.05, 3.63) is 57.8 Å². The number of carbonyl (C=O) groups is 1. The highest BCUT2D eigenvalue weighted by Crippen LogP contribution is 2.57. The molecule has 1 fully saturated rings. The molecule has 1 aromatic carbocycles. The van der Waals surface area contributed by atoms with E-state index < -0.39 is 0 Å². The summed E-state index contributed by atoms with van der Waals surface area (Å²) in [5.41, 5.74) is 7.46. The van der Waals surface area contributed by atoms with Crippen molar-refractivity contribution in [3.8, 4) is 0 Å². The van der Waals surface area contributed by atoms with E-state index in [-0.39, 0.29) is 22.2 Å². The van der Waals surface area contributed by atoms with Gasteiger partial charge in [-0.05, 0) is 85.4 Å². The van der Waals surface area contributed by atoms with Gasteiger partial charge in [0, 0.05) is 11.0 Å². The second-order valence-corrected chi connectivity index (χ2v) is 10.1. The molecule has 0 amide bonds. The van der Waals surface area contributed by atoms with Crippen LogP contribution >= 0.6 is 0 Å². The maximum absolute atomic E-state index is 11.7. The molecule has 3 nitrogen and oxygen atoms in total. The SMILES string of the molecule is C=N/C(=C\C=C(/C)C(=O)OC)C1(c2cc3c(cc2C)C(C)(C)CCC3(C)C)CC1. The van der Waals surface area contributed by atoms with Gasteiger partial charge in [-0.2, -0.15) is 0 Å². The number of methoxy groups -OCH3 is 1. The third-order valence-electron chi connectivity index (χ3n) is 7.12. The maximum Gasteiger partial charge on any atom is 0.333 e. The Hall–Kier alpha value is -2.16. The molecule has 0 saturated heterocycles. The second-order valence-electron chi connectivity index (χ2n) is 10.1. The fraction of sp³-hybridized carbons (Fsp3) is 0.538. The quantitative estimate of drug-likeness (QED) is 0.263. The van der Waals surface area contributed by atoms with Gasteiger partial charge in [0.1, 0.15) is 0 Å². The Morgan fingerprint density at radius 1 is 1.00 bits per heavy atom. The Morgan fingerprint density at radius 3 is 2.03 bits per heavy atom. The van der Waals surface area contributed by atoms with Crippen LogP contribution in [-0.2, 0) is 25.8 Å². The van der Waals surface area contributed by atoms with Gasteiger partial charge in [-0.25, -0.2) is 4.79 Å². The van der Waals surface area contributed by atoms with Crippen LogP contribution in [0.2, 0.25) is 0 Å². The standard InChI is InChI=1S/C26H35NO2/c1-17(23(28)29-8)9-10-22(27-7)26(13-14-26)19-16-21-20(15-18(19)2)24(3,4)11-12-25(21,5)6/h9-10,15-16H,7,11-14H2,1-6,8H3/b17-9+,22-10-. The Morgan fingerprint density at radius 2 is 1.55 bits per heavy atom. The molecule has 0 bridgehead atoms. The fourth-order valence-electron chi connectivity index (χ4n) is 4.82. The van der Waals surface area contributed by atoms with Gasteiger partial charge in [0.25, 0.3) is 0 Å². The van der Waals surface area contributed by atoms with Gasteiger partial charge in [-0.15, -0.1) is 0 Å². The zero-order chi connectivity index (χ0) is 21.6. The van der Waals surface area contributed by atoms with E-state index in [0.717, 1.165) is 18.5 Å². The third kappa shape index (κ3) is 3.72. The van der Waals surface area contributed by atoms with Crippen LogP contribution in [0.5, 0.6) is 0 Å². The number of benzene rings is 1. The topological polar surface area (TPSA) is 38.7 Å². The fourth-order valence-corrected chi connectivity index (χ4v) is 4.82. The summed E-state index contributed by atoms with van der Waals surface area (Å²) in [5, 5.41) is 0. The number of hydrogen-bond acceptors (Lipinski definition) is 3. The average Bonchev–Trinajstić information content (AvgIpc) is 3.46. The summed E-state index contributed by atoms with van der Waals surface area (Å²) >= 11 is 0. The molecule has 0 radical (unpaired) electrons. The van der Waals surface area contributed by atoms with Gasteiger partial charge in [0.15, 0.2) is 0 Å². The zero-order valence-electron chi connectivity index (χ0n) is 19.1. The van der Waals surface area contributed by atoms with Crippen LogP contribution in [0.25, 0.3) is 0 Å². The minimum absolute atomic E-state index is 0.0918. The minimum atomic E-state index is -0.316. The van der Waals surface area contributed by atoms with Crippen molar-refractivity contribution in [2.24, 2.45) is 4.99 Å². The average molecular weight is 394 g/mol. The summed E-state index contributed by atoms with van der Waals surface area (Å²) in [6, 6.07) is 4.87. The van der Waals surface area contributed by atoms with E-state index in [9.17, 15) is 4.79 Å². The number of esters is 1. The van der Waals surface area contributed by atoms with Crippen molar-refractivity contribution in [2.45, 2.75) is 83.5 Å². The molecule has 1 saturated carbocycles. The smallest absolute Gasteiger partial charge is 0.333 e. The normalized spacial score (nSPS) is 21.9. The second kappa shape index (κ2) is 7.27. The Kier molecular flexibility index (Phi) is 5.40. The number of aryl methyl sites for hydroxylation is 1. The molecular formula is C26H35NO2. The van der Waals surface area contributed by atoms with E-state index in [1.807, 2.05) is 6.08 Å². The summed E-state index contributed by atoms with van der Waals surface area (Å²) in [7, 11) is 1.40. The van der Waals surface area contributed by atoms with Crippen molar-refractivity contribution in [3.63, 3.8) is 0 Å². The van der Waals surface area contributed by atoms with Gasteiger partial charge >= 0.3 is 5.97 Å². The Labute approximate surface area is 176 Å². The van der Waals surface area contributed by atoms with E-state index in [1.165, 1.54) is 42.2 Å². The molecule has 29 heavy (non-hydrogen) atoms. The Bertz CT molecular complexity index is 911. The molecule has 0 atom stereocenters. The molecule has 156 valence electrons. The first-order valence-corrected chi connectivity index (χ1v) is 10.6. The molecule has 0 aliphatic heterocycles.